The van der Waals surface area contributed by atoms with E-state index in [2.05, 4.69) is 15.2 Å². The minimum atomic E-state index is -0.760. The first kappa shape index (κ1) is 11.7. The van der Waals surface area contributed by atoms with Crippen LogP contribution in [0.1, 0.15) is 35.8 Å². The molecule has 1 saturated carbocycles. The third-order valence-electron chi connectivity index (χ3n) is 3.97. The summed E-state index contributed by atoms with van der Waals surface area (Å²) in [5.41, 5.74) is -0.0561. The molecular weight excluding hydrogens is 230 g/mol. The summed E-state index contributed by atoms with van der Waals surface area (Å²) in [6, 6.07) is 4.23. The number of aliphatic hydroxyl groups is 1. The van der Waals surface area contributed by atoms with Crippen molar-refractivity contribution < 1.29 is 9.90 Å². The molecule has 1 aliphatic carbocycles. The van der Waals surface area contributed by atoms with E-state index in [9.17, 15) is 9.90 Å². The van der Waals surface area contributed by atoms with E-state index < -0.39 is 5.60 Å². The van der Waals surface area contributed by atoms with Gasteiger partial charge in [0, 0.05) is 31.9 Å². The number of β-amino-alcohol motifs (C(OH)–C–C–N with tert-alkyl or cyclic N) is 1. The highest BCUT2D eigenvalue weighted by Crippen LogP contribution is 2.32. The molecule has 0 unspecified atom stereocenters. The highest BCUT2D eigenvalue weighted by Gasteiger charge is 2.34. The van der Waals surface area contributed by atoms with Crippen molar-refractivity contribution in [2.45, 2.75) is 30.9 Å². The zero-order valence-corrected chi connectivity index (χ0v) is 10.4. The van der Waals surface area contributed by atoms with Gasteiger partial charge in [0.15, 0.2) is 0 Å². The van der Waals surface area contributed by atoms with Crippen molar-refractivity contribution in [2.75, 3.05) is 19.6 Å². The highest BCUT2D eigenvalue weighted by atomic mass is 16.3. The van der Waals surface area contributed by atoms with Crippen molar-refractivity contribution >= 4 is 5.91 Å². The molecule has 0 bridgehead atoms. The molecule has 5 heteroatoms. The molecule has 1 amide bonds. The van der Waals surface area contributed by atoms with Crippen LogP contribution in [0.2, 0.25) is 0 Å². The molecule has 2 fully saturated rings. The van der Waals surface area contributed by atoms with Gasteiger partial charge < -0.3 is 20.3 Å². The van der Waals surface area contributed by atoms with Crippen LogP contribution in [0.15, 0.2) is 18.3 Å². The van der Waals surface area contributed by atoms with Crippen LogP contribution >= 0.6 is 0 Å². The molecule has 2 aliphatic rings. The van der Waals surface area contributed by atoms with Gasteiger partial charge in [-0.15, -0.1) is 0 Å². The Labute approximate surface area is 106 Å². The summed E-state index contributed by atoms with van der Waals surface area (Å²) in [5.74, 6) is -0.0905. The molecule has 2 heterocycles. The van der Waals surface area contributed by atoms with Gasteiger partial charge in [-0.2, -0.15) is 0 Å². The topological polar surface area (TPSA) is 66.3 Å². The number of carbonyl (C=O) groups excluding carboxylic acids is 1. The Bertz CT molecular complexity index is 447. The summed E-state index contributed by atoms with van der Waals surface area (Å²) in [5, 5.41) is 15.7. The van der Waals surface area contributed by atoms with Crippen LogP contribution in [-0.4, -0.2) is 40.8 Å². The lowest BCUT2D eigenvalue weighted by atomic mass is 9.93. The van der Waals surface area contributed by atoms with Crippen molar-refractivity contribution in [3.8, 4) is 0 Å². The van der Waals surface area contributed by atoms with Gasteiger partial charge >= 0.3 is 0 Å². The minimum Gasteiger partial charge on any atom is -0.385 e. The van der Waals surface area contributed by atoms with Crippen LogP contribution < -0.4 is 10.6 Å². The Kier molecular flexibility index (Phi) is 2.87. The van der Waals surface area contributed by atoms with Crippen LogP contribution in [0, 0.1) is 0 Å². The van der Waals surface area contributed by atoms with Crippen LogP contribution in [-0.2, 0) is 0 Å². The maximum atomic E-state index is 12.1. The Morgan fingerprint density at radius 3 is 2.89 bits per heavy atom. The van der Waals surface area contributed by atoms with Crippen LogP contribution in [0.5, 0.6) is 0 Å². The minimum absolute atomic E-state index is 0.0905. The normalized spacial score (nSPS) is 22.1. The molecule has 0 aromatic carbocycles. The molecule has 1 aliphatic heterocycles. The van der Waals surface area contributed by atoms with E-state index in [1.807, 2.05) is 18.3 Å². The zero-order chi connectivity index (χ0) is 12.6. The van der Waals surface area contributed by atoms with Gasteiger partial charge in [0.25, 0.3) is 5.91 Å². The van der Waals surface area contributed by atoms with E-state index in [0.717, 1.165) is 12.8 Å². The predicted molar refractivity (Wildman–Crippen MR) is 67.5 cm³/mol. The van der Waals surface area contributed by atoms with Gasteiger partial charge in [0.1, 0.15) is 11.3 Å². The molecule has 5 nitrogen and oxygen atoms in total. The first-order valence-electron chi connectivity index (χ1n) is 6.56. The second-order valence-electron chi connectivity index (χ2n) is 5.40. The molecule has 3 rings (SSSR count). The van der Waals surface area contributed by atoms with Crippen LogP contribution in [0.25, 0.3) is 0 Å². The Balaban J connectivity index is 1.63. The fourth-order valence-electron chi connectivity index (χ4n) is 2.44. The number of hydrogen-bond donors (Lipinski definition) is 3. The van der Waals surface area contributed by atoms with Gasteiger partial charge in [-0.1, -0.05) is 0 Å². The lowest BCUT2D eigenvalue weighted by molar-refractivity contribution is -0.00769. The molecule has 1 saturated heterocycles. The van der Waals surface area contributed by atoms with E-state index >= 15 is 0 Å². The fourth-order valence-corrected chi connectivity index (χ4v) is 2.44. The van der Waals surface area contributed by atoms with Crippen LogP contribution in [0.4, 0.5) is 0 Å². The number of carbonyl (C=O) groups is 1. The first-order valence-corrected chi connectivity index (χ1v) is 6.56. The van der Waals surface area contributed by atoms with E-state index in [-0.39, 0.29) is 5.91 Å². The quantitative estimate of drug-likeness (QED) is 0.718. The van der Waals surface area contributed by atoms with Crippen molar-refractivity contribution in [3.05, 3.63) is 24.0 Å². The third kappa shape index (κ3) is 2.04. The predicted octanol–water partition coefficient (Wildman–Crippen LogP) is 0.277. The molecule has 1 aromatic heterocycles. The first-order chi connectivity index (χ1) is 8.68. The lowest BCUT2D eigenvalue weighted by Gasteiger charge is -2.37. The molecular formula is C13H19N3O2. The molecule has 0 atom stereocenters. The van der Waals surface area contributed by atoms with Crippen molar-refractivity contribution in [3.63, 3.8) is 0 Å². The second kappa shape index (κ2) is 4.40. The number of aromatic nitrogens is 1. The second-order valence-corrected chi connectivity index (χ2v) is 5.40. The number of rotatable bonds is 4. The average Bonchev–Trinajstić information content (AvgIpc) is 2.70. The number of nitrogens with zero attached hydrogens (tertiary/aromatic N) is 1. The summed E-state index contributed by atoms with van der Waals surface area (Å²) in [6.45, 7) is 1.42. The number of nitrogens with one attached hydrogen (secondary N) is 2. The van der Waals surface area contributed by atoms with E-state index in [1.165, 1.54) is 6.42 Å². The number of amides is 1. The monoisotopic (exact) mass is 249 g/mol. The number of hydrogen-bond acceptors (Lipinski definition) is 3. The summed E-state index contributed by atoms with van der Waals surface area (Å²) < 4.78 is 2.06. The van der Waals surface area contributed by atoms with E-state index in [0.29, 0.717) is 31.4 Å². The molecule has 3 N–H and O–H groups in total. The van der Waals surface area contributed by atoms with Gasteiger partial charge in [0.2, 0.25) is 0 Å². The summed E-state index contributed by atoms with van der Waals surface area (Å²) in [4.78, 5) is 12.1. The van der Waals surface area contributed by atoms with Crippen molar-refractivity contribution in [1.29, 1.82) is 0 Å². The molecule has 1 aromatic rings. The van der Waals surface area contributed by atoms with Gasteiger partial charge in [-0.25, -0.2) is 0 Å². The van der Waals surface area contributed by atoms with Gasteiger partial charge in [0.05, 0.1) is 0 Å². The zero-order valence-electron chi connectivity index (χ0n) is 10.4. The third-order valence-corrected chi connectivity index (χ3v) is 3.97. The molecule has 0 spiro atoms. The molecule has 0 radical (unpaired) electrons. The Morgan fingerprint density at radius 1 is 1.56 bits per heavy atom. The van der Waals surface area contributed by atoms with Crippen LogP contribution in [0.3, 0.4) is 0 Å². The SMILES string of the molecule is O=C(NCC1(O)CNC1)c1cccn1C1CCC1. The largest absolute Gasteiger partial charge is 0.385 e. The maximum Gasteiger partial charge on any atom is 0.268 e. The van der Waals surface area contributed by atoms with Crippen molar-refractivity contribution in [1.82, 2.24) is 15.2 Å². The molecule has 18 heavy (non-hydrogen) atoms. The maximum absolute atomic E-state index is 12.1. The summed E-state index contributed by atoms with van der Waals surface area (Å²) >= 11 is 0. The van der Waals surface area contributed by atoms with Gasteiger partial charge in [-0.3, -0.25) is 4.79 Å². The molecule has 98 valence electrons. The average molecular weight is 249 g/mol. The van der Waals surface area contributed by atoms with E-state index in [1.54, 1.807) is 0 Å². The van der Waals surface area contributed by atoms with Gasteiger partial charge in [-0.05, 0) is 31.4 Å². The Morgan fingerprint density at radius 2 is 2.33 bits per heavy atom. The highest BCUT2D eigenvalue weighted by molar-refractivity contribution is 5.92. The van der Waals surface area contributed by atoms with Crippen molar-refractivity contribution in [2.24, 2.45) is 0 Å². The standard InChI is InChI=1S/C13H19N3O2/c17-12(15-9-13(18)7-14-8-13)11-5-2-6-16(11)10-3-1-4-10/h2,5-6,10,14,18H,1,3-4,7-9H2,(H,15,17). The van der Waals surface area contributed by atoms with E-state index in [4.69, 9.17) is 0 Å². The smallest absolute Gasteiger partial charge is 0.268 e. The lowest BCUT2D eigenvalue weighted by Crippen LogP contribution is -2.64. The Hall–Kier alpha value is -1.33. The summed E-state index contributed by atoms with van der Waals surface area (Å²) in [6.07, 6.45) is 5.53. The summed E-state index contributed by atoms with van der Waals surface area (Å²) in [7, 11) is 0. The fraction of sp³-hybridized carbons (Fsp3) is 0.615.